The molecule has 0 fully saturated rings. The summed E-state index contributed by atoms with van der Waals surface area (Å²) in [6, 6.07) is 0. The second-order valence-corrected chi connectivity index (χ2v) is 4.89. The molecular formula is C15H29N3O2. The van der Waals surface area contributed by atoms with Crippen molar-refractivity contribution in [3.63, 3.8) is 0 Å². The van der Waals surface area contributed by atoms with Gasteiger partial charge in [-0.15, -0.1) is 0 Å². The second kappa shape index (κ2) is 11.7. The molecule has 0 saturated heterocycles. The van der Waals surface area contributed by atoms with E-state index in [4.69, 9.17) is 9.47 Å². The molecule has 0 saturated carbocycles. The molecular weight excluding hydrogens is 254 g/mol. The molecule has 0 aromatic carbocycles. The van der Waals surface area contributed by atoms with Gasteiger partial charge in [0.15, 0.2) is 5.96 Å². The summed E-state index contributed by atoms with van der Waals surface area (Å²) < 4.78 is 10.3. The van der Waals surface area contributed by atoms with Crippen LogP contribution >= 0.6 is 0 Å². The van der Waals surface area contributed by atoms with E-state index in [0.717, 1.165) is 25.5 Å². The van der Waals surface area contributed by atoms with E-state index in [-0.39, 0.29) is 0 Å². The van der Waals surface area contributed by atoms with E-state index in [1.807, 2.05) is 0 Å². The van der Waals surface area contributed by atoms with Crippen molar-refractivity contribution in [3.8, 4) is 0 Å². The van der Waals surface area contributed by atoms with Crippen LogP contribution in [0.25, 0.3) is 0 Å². The van der Waals surface area contributed by atoms with Gasteiger partial charge in [0.05, 0.1) is 19.8 Å². The molecule has 0 bridgehead atoms. The van der Waals surface area contributed by atoms with Crippen molar-refractivity contribution in [1.82, 2.24) is 10.6 Å². The number of rotatable bonds is 9. The molecule has 0 spiro atoms. The SMILES string of the molecule is CN=C(NCCOCCOC)NCCC1=CCCCC1. The molecule has 0 heterocycles. The van der Waals surface area contributed by atoms with Crippen molar-refractivity contribution in [2.24, 2.45) is 4.99 Å². The Morgan fingerprint density at radius 3 is 2.75 bits per heavy atom. The highest BCUT2D eigenvalue weighted by molar-refractivity contribution is 5.79. The zero-order chi connectivity index (χ0) is 14.5. The summed E-state index contributed by atoms with van der Waals surface area (Å²) in [5.74, 6) is 0.844. The fourth-order valence-corrected chi connectivity index (χ4v) is 2.18. The summed E-state index contributed by atoms with van der Waals surface area (Å²) in [6.45, 7) is 3.64. The summed E-state index contributed by atoms with van der Waals surface area (Å²) in [5, 5.41) is 6.57. The lowest BCUT2D eigenvalue weighted by Crippen LogP contribution is -2.39. The van der Waals surface area contributed by atoms with E-state index in [1.54, 1.807) is 19.7 Å². The third-order valence-corrected chi connectivity index (χ3v) is 3.32. The molecule has 0 atom stereocenters. The maximum absolute atomic E-state index is 5.39. The molecule has 20 heavy (non-hydrogen) atoms. The van der Waals surface area contributed by atoms with Crippen LogP contribution < -0.4 is 10.6 Å². The van der Waals surface area contributed by atoms with Gasteiger partial charge in [-0.1, -0.05) is 11.6 Å². The van der Waals surface area contributed by atoms with E-state index in [0.29, 0.717) is 19.8 Å². The number of hydrogen-bond donors (Lipinski definition) is 2. The van der Waals surface area contributed by atoms with Crippen molar-refractivity contribution in [2.45, 2.75) is 32.1 Å². The Kier molecular flexibility index (Phi) is 9.96. The Bertz CT molecular complexity index is 303. The number of hydrogen-bond acceptors (Lipinski definition) is 3. The number of aliphatic imine (C=N–C) groups is 1. The summed E-state index contributed by atoms with van der Waals surface area (Å²) in [6.07, 6.45) is 8.72. The maximum Gasteiger partial charge on any atom is 0.191 e. The molecule has 0 aromatic rings. The lowest BCUT2D eigenvalue weighted by Gasteiger charge is -2.15. The normalized spacial score (nSPS) is 15.9. The van der Waals surface area contributed by atoms with Crippen LogP contribution in [0.2, 0.25) is 0 Å². The van der Waals surface area contributed by atoms with E-state index in [2.05, 4.69) is 21.7 Å². The Morgan fingerprint density at radius 1 is 1.20 bits per heavy atom. The van der Waals surface area contributed by atoms with Crippen LogP contribution in [0.1, 0.15) is 32.1 Å². The van der Waals surface area contributed by atoms with Gasteiger partial charge >= 0.3 is 0 Å². The van der Waals surface area contributed by atoms with E-state index in [9.17, 15) is 0 Å². The van der Waals surface area contributed by atoms with E-state index in [1.165, 1.54) is 25.7 Å². The largest absolute Gasteiger partial charge is 0.382 e. The summed E-state index contributed by atoms with van der Waals surface area (Å²) in [7, 11) is 3.47. The Morgan fingerprint density at radius 2 is 2.05 bits per heavy atom. The highest BCUT2D eigenvalue weighted by Gasteiger charge is 2.03. The topological polar surface area (TPSA) is 54.9 Å². The Labute approximate surface area is 122 Å². The number of guanidine groups is 1. The van der Waals surface area contributed by atoms with Crippen molar-refractivity contribution in [1.29, 1.82) is 0 Å². The average Bonchev–Trinajstić information content (AvgIpc) is 2.50. The first-order valence-corrected chi connectivity index (χ1v) is 7.56. The molecule has 2 N–H and O–H groups in total. The Hall–Kier alpha value is -1.07. The average molecular weight is 283 g/mol. The van der Waals surface area contributed by atoms with Gasteiger partial charge in [-0.25, -0.2) is 0 Å². The first kappa shape index (κ1) is 17.0. The fraction of sp³-hybridized carbons (Fsp3) is 0.800. The van der Waals surface area contributed by atoms with Gasteiger partial charge in [-0.05, 0) is 32.1 Å². The maximum atomic E-state index is 5.39. The van der Waals surface area contributed by atoms with Crippen molar-refractivity contribution >= 4 is 5.96 Å². The van der Waals surface area contributed by atoms with E-state index < -0.39 is 0 Å². The molecule has 116 valence electrons. The van der Waals surface area contributed by atoms with Crippen LogP contribution in [0, 0.1) is 0 Å². The molecule has 0 amide bonds. The number of nitrogens with one attached hydrogen (secondary N) is 2. The molecule has 0 radical (unpaired) electrons. The number of methoxy groups -OCH3 is 1. The van der Waals surface area contributed by atoms with Crippen molar-refractivity contribution in [3.05, 3.63) is 11.6 Å². The van der Waals surface area contributed by atoms with Crippen LogP contribution in [0.15, 0.2) is 16.6 Å². The predicted molar refractivity (Wildman–Crippen MR) is 83.2 cm³/mol. The Balaban J connectivity index is 2.03. The van der Waals surface area contributed by atoms with Crippen LogP contribution in [0.5, 0.6) is 0 Å². The highest BCUT2D eigenvalue weighted by Crippen LogP contribution is 2.19. The molecule has 0 unspecified atom stereocenters. The molecule has 1 rings (SSSR count). The van der Waals surface area contributed by atoms with Gasteiger partial charge in [0.2, 0.25) is 0 Å². The monoisotopic (exact) mass is 283 g/mol. The molecule has 0 aromatic heterocycles. The van der Waals surface area contributed by atoms with Crippen LogP contribution in [-0.4, -0.2) is 53.0 Å². The van der Waals surface area contributed by atoms with Gasteiger partial charge in [0.25, 0.3) is 0 Å². The first-order chi connectivity index (χ1) is 9.86. The smallest absolute Gasteiger partial charge is 0.191 e. The minimum atomic E-state index is 0.637. The highest BCUT2D eigenvalue weighted by atomic mass is 16.5. The van der Waals surface area contributed by atoms with Crippen LogP contribution in [0.4, 0.5) is 0 Å². The second-order valence-electron chi connectivity index (χ2n) is 4.89. The number of allylic oxidation sites excluding steroid dienone is 1. The summed E-state index contributed by atoms with van der Waals surface area (Å²) in [5.41, 5.74) is 1.59. The van der Waals surface area contributed by atoms with Crippen LogP contribution in [0.3, 0.4) is 0 Å². The minimum Gasteiger partial charge on any atom is -0.382 e. The molecule has 0 aliphatic heterocycles. The summed E-state index contributed by atoms with van der Waals surface area (Å²) >= 11 is 0. The quantitative estimate of drug-likeness (QED) is 0.293. The predicted octanol–water partition coefficient (Wildman–Crippen LogP) is 1.70. The van der Waals surface area contributed by atoms with Gasteiger partial charge in [-0.3, -0.25) is 4.99 Å². The van der Waals surface area contributed by atoms with Crippen LogP contribution in [-0.2, 0) is 9.47 Å². The molecule has 5 nitrogen and oxygen atoms in total. The number of nitrogens with zero attached hydrogens (tertiary/aromatic N) is 1. The molecule has 1 aliphatic rings. The molecule has 5 heteroatoms. The zero-order valence-electron chi connectivity index (χ0n) is 12.9. The van der Waals surface area contributed by atoms with Crippen molar-refractivity contribution < 1.29 is 9.47 Å². The summed E-state index contributed by atoms with van der Waals surface area (Å²) in [4.78, 5) is 4.20. The van der Waals surface area contributed by atoms with Gasteiger partial charge < -0.3 is 20.1 Å². The third kappa shape index (κ3) is 8.17. The standard InChI is InChI=1S/C15H29N3O2/c1-16-15(18-10-11-20-13-12-19-2)17-9-8-14-6-4-3-5-7-14/h6H,3-5,7-13H2,1-2H3,(H2,16,17,18). The minimum absolute atomic E-state index is 0.637. The third-order valence-electron chi connectivity index (χ3n) is 3.32. The lowest BCUT2D eigenvalue weighted by molar-refractivity contribution is 0.0733. The number of ether oxygens (including phenoxy) is 2. The van der Waals surface area contributed by atoms with Gasteiger partial charge in [0, 0.05) is 27.2 Å². The van der Waals surface area contributed by atoms with E-state index >= 15 is 0 Å². The molecule has 1 aliphatic carbocycles. The van der Waals surface area contributed by atoms with Gasteiger partial charge in [0.1, 0.15) is 0 Å². The zero-order valence-corrected chi connectivity index (χ0v) is 12.9. The lowest BCUT2D eigenvalue weighted by atomic mass is 9.97. The van der Waals surface area contributed by atoms with Gasteiger partial charge in [-0.2, -0.15) is 0 Å². The first-order valence-electron chi connectivity index (χ1n) is 7.56. The van der Waals surface area contributed by atoms with Crippen molar-refractivity contribution in [2.75, 3.05) is 47.1 Å². The fourth-order valence-electron chi connectivity index (χ4n) is 2.18.